The molecule has 6 rings (SSSR count). The summed E-state index contributed by atoms with van der Waals surface area (Å²) >= 11 is 0. The van der Waals surface area contributed by atoms with Gasteiger partial charge in [-0.05, 0) is 87.2 Å². The average molecular weight is 430 g/mol. The van der Waals surface area contributed by atoms with Crippen molar-refractivity contribution in [1.82, 2.24) is 4.90 Å². The van der Waals surface area contributed by atoms with E-state index in [4.69, 9.17) is 4.74 Å². The highest BCUT2D eigenvalue weighted by Crippen LogP contribution is 2.60. The molecule has 5 nitrogen and oxygen atoms in total. The van der Waals surface area contributed by atoms with Crippen molar-refractivity contribution in [3.8, 4) is 5.75 Å². The lowest BCUT2D eigenvalue weighted by Gasteiger charge is -2.56. The molecule has 4 saturated carbocycles. The Bertz CT molecular complexity index is 862. The predicted octanol–water partition coefficient (Wildman–Crippen LogP) is 4.67. The predicted molar refractivity (Wildman–Crippen MR) is 114 cm³/mol. The van der Waals surface area contributed by atoms with Gasteiger partial charge in [-0.25, -0.2) is 9.18 Å². The van der Waals surface area contributed by atoms with E-state index in [0.29, 0.717) is 38.2 Å². The van der Waals surface area contributed by atoms with Gasteiger partial charge in [0.05, 0.1) is 12.2 Å². The molecule has 6 heteroatoms. The molecule has 1 aromatic rings. The summed E-state index contributed by atoms with van der Waals surface area (Å²) in [6.45, 7) is 2.94. The first-order valence-electron chi connectivity index (χ1n) is 11.9. The second kappa shape index (κ2) is 7.79. The van der Waals surface area contributed by atoms with Crippen LogP contribution in [0.2, 0.25) is 0 Å². The van der Waals surface area contributed by atoms with Crippen LogP contribution in [0.1, 0.15) is 74.2 Å². The molecule has 1 aromatic carbocycles. The number of rotatable bonds is 6. The molecule has 1 aliphatic heterocycles. The summed E-state index contributed by atoms with van der Waals surface area (Å²) in [5.74, 6) is 0.837. The van der Waals surface area contributed by atoms with Crippen molar-refractivity contribution in [2.45, 2.75) is 70.8 Å². The van der Waals surface area contributed by atoms with Gasteiger partial charge in [0.15, 0.2) is 0 Å². The van der Waals surface area contributed by atoms with Gasteiger partial charge in [0.25, 0.3) is 5.91 Å². The Balaban J connectivity index is 1.34. The fourth-order valence-corrected chi connectivity index (χ4v) is 7.29. The summed E-state index contributed by atoms with van der Waals surface area (Å²) in [6.07, 6.45) is 9.46. The van der Waals surface area contributed by atoms with E-state index in [1.165, 1.54) is 49.5 Å². The van der Waals surface area contributed by atoms with Gasteiger partial charge < -0.3 is 14.7 Å². The van der Waals surface area contributed by atoms with Crippen LogP contribution in [-0.2, 0) is 11.2 Å². The molecule has 5 fully saturated rings. The lowest BCUT2D eigenvalue weighted by Crippen LogP contribution is -2.48. The Kier molecular flexibility index (Phi) is 5.22. The summed E-state index contributed by atoms with van der Waals surface area (Å²) in [6, 6.07) is 2.05. The van der Waals surface area contributed by atoms with E-state index < -0.39 is 23.7 Å². The molecule has 0 spiro atoms. The average Bonchev–Trinajstić information content (AvgIpc) is 3.21. The second-order valence-corrected chi connectivity index (χ2v) is 10.5. The van der Waals surface area contributed by atoms with Gasteiger partial charge in [0.1, 0.15) is 17.6 Å². The third-order valence-corrected chi connectivity index (χ3v) is 8.26. The molecule has 1 amide bonds. The van der Waals surface area contributed by atoms with Crippen molar-refractivity contribution in [2.24, 2.45) is 23.2 Å². The van der Waals surface area contributed by atoms with Gasteiger partial charge in [0.2, 0.25) is 0 Å². The van der Waals surface area contributed by atoms with Crippen LogP contribution >= 0.6 is 0 Å². The molecule has 4 bridgehead atoms. The summed E-state index contributed by atoms with van der Waals surface area (Å²) in [5, 5.41) is 9.37. The third-order valence-electron chi connectivity index (χ3n) is 8.26. The van der Waals surface area contributed by atoms with Crippen molar-refractivity contribution >= 4 is 11.9 Å². The van der Waals surface area contributed by atoms with Crippen molar-refractivity contribution in [3.63, 3.8) is 0 Å². The Labute approximate surface area is 182 Å². The highest BCUT2D eigenvalue weighted by molar-refractivity contribution is 5.97. The van der Waals surface area contributed by atoms with Crippen molar-refractivity contribution in [3.05, 3.63) is 29.1 Å². The maximum absolute atomic E-state index is 15.0. The molecule has 1 atom stereocenters. The molecule has 31 heavy (non-hydrogen) atoms. The maximum atomic E-state index is 15.0. The normalized spacial score (nSPS) is 33.7. The van der Waals surface area contributed by atoms with Gasteiger partial charge in [0, 0.05) is 18.0 Å². The number of aryl methyl sites for hydroxylation is 1. The number of carbonyl (C=O) groups excluding carboxylic acids is 1. The monoisotopic (exact) mass is 429 g/mol. The van der Waals surface area contributed by atoms with Crippen LogP contribution in [0.5, 0.6) is 5.75 Å². The van der Waals surface area contributed by atoms with Crippen molar-refractivity contribution in [1.29, 1.82) is 0 Å². The number of benzene rings is 1. The van der Waals surface area contributed by atoms with Crippen LogP contribution in [0.25, 0.3) is 0 Å². The Morgan fingerprint density at radius 3 is 2.39 bits per heavy atom. The molecule has 1 heterocycles. The Hall–Kier alpha value is -2.11. The van der Waals surface area contributed by atoms with Crippen LogP contribution in [0.4, 0.5) is 4.39 Å². The van der Waals surface area contributed by atoms with Gasteiger partial charge in [-0.1, -0.05) is 6.92 Å². The zero-order valence-electron chi connectivity index (χ0n) is 18.2. The molecule has 0 radical (unpaired) electrons. The summed E-state index contributed by atoms with van der Waals surface area (Å²) in [7, 11) is 0. The molecule has 1 N–H and O–H groups in total. The number of aliphatic carboxylic acids is 1. The molecule has 168 valence electrons. The summed E-state index contributed by atoms with van der Waals surface area (Å²) < 4.78 is 21.3. The number of carboxylic acids is 1. The number of halogens is 1. The highest BCUT2D eigenvalue weighted by atomic mass is 19.1. The van der Waals surface area contributed by atoms with Crippen molar-refractivity contribution in [2.75, 3.05) is 13.2 Å². The van der Waals surface area contributed by atoms with Crippen LogP contribution in [-0.4, -0.2) is 41.1 Å². The number of nitrogens with zero attached hydrogens (tertiary/aromatic N) is 1. The fraction of sp³-hybridized carbons (Fsp3) is 0.680. The standard InChI is InChI=1S/C25H32FNO4/c1-2-18-9-19(23(28)27-5-3-4-21(27)24(29)30)20(26)10-22(18)31-14-25-11-15-6-16(12-25)8-17(7-15)13-25/h9-10,15-17,21H,2-8,11-14H2,1H3,(H,29,30)/t15?,16?,17?,21-,25?/m0/s1. The fourth-order valence-electron chi connectivity index (χ4n) is 7.29. The minimum absolute atomic E-state index is 0.0489. The van der Waals surface area contributed by atoms with Gasteiger partial charge in [-0.15, -0.1) is 0 Å². The Morgan fingerprint density at radius 1 is 1.16 bits per heavy atom. The maximum Gasteiger partial charge on any atom is 0.326 e. The third kappa shape index (κ3) is 3.72. The molecule has 0 aromatic heterocycles. The first kappa shape index (κ1) is 20.8. The van der Waals surface area contributed by atoms with Crippen LogP contribution in [0.15, 0.2) is 12.1 Å². The smallest absolute Gasteiger partial charge is 0.326 e. The van der Waals surface area contributed by atoms with E-state index in [1.807, 2.05) is 6.92 Å². The quantitative estimate of drug-likeness (QED) is 0.714. The molecule has 0 unspecified atom stereocenters. The van der Waals surface area contributed by atoms with Gasteiger partial charge in [-0.3, -0.25) is 4.79 Å². The first-order valence-corrected chi connectivity index (χ1v) is 11.9. The highest BCUT2D eigenvalue weighted by Gasteiger charge is 2.51. The topological polar surface area (TPSA) is 66.8 Å². The van der Waals surface area contributed by atoms with E-state index in [9.17, 15) is 14.7 Å². The van der Waals surface area contributed by atoms with E-state index in [2.05, 4.69) is 0 Å². The van der Waals surface area contributed by atoms with Crippen molar-refractivity contribution < 1.29 is 23.8 Å². The van der Waals surface area contributed by atoms with Gasteiger partial charge >= 0.3 is 5.97 Å². The summed E-state index contributed by atoms with van der Waals surface area (Å²) in [5.41, 5.74) is 0.988. The minimum atomic E-state index is -1.03. The zero-order chi connectivity index (χ0) is 21.8. The molecule has 4 aliphatic carbocycles. The molecule has 5 aliphatic rings. The summed E-state index contributed by atoms with van der Waals surface area (Å²) in [4.78, 5) is 25.7. The van der Waals surface area contributed by atoms with E-state index in [-0.39, 0.29) is 11.0 Å². The lowest BCUT2D eigenvalue weighted by molar-refractivity contribution is -0.141. The SMILES string of the molecule is CCc1cc(C(=O)N2CCC[C@H]2C(=O)O)c(F)cc1OCC12CC3CC(CC(C3)C1)C2. The van der Waals surface area contributed by atoms with E-state index in [1.54, 1.807) is 6.07 Å². The number of hydrogen-bond donors (Lipinski definition) is 1. The first-order chi connectivity index (χ1) is 14.9. The van der Waals surface area contributed by atoms with Crippen LogP contribution in [0.3, 0.4) is 0 Å². The molecule has 1 saturated heterocycles. The minimum Gasteiger partial charge on any atom is -0.493 e. The number of amides is 1. The van der Waals surface area contributed by atoms with Crippen LogP contribution in [0, 0.1) is 29.0 Å². The number of carbonyl (C=O) groups is 2. The lowest BCUT2D eigenvalue weighted by atomic mass is 9.50. The number of carboxylic acid groups (broad SMARTS) is 1. The zero-order valence-corrected chi connectivity index (χ0v) is 18.2. The number of ether oxygens (including phenoxy) is 1. The number of hydrogen-bond acceptors (Lipinski definition) is 3. The number of likely N-dealkylation sites (tertiary alicyclic amines) is 1. The second-order valence-electron chi connectivity index (χ2n) is 10.5. The van der Waals surface area contributed by atoms with E-state index >= 15 is 4.39 Å². The Morgan fingerprint density at radius 2 is 1.81 bits per heavy atom. The largest absolute Gasteiger partial charge is 0.493 e. The molecular weight excluding hydrogens is 397 g/mol. The van der Waals surface area contributed by atoms with Crippen LogP contribution < -0.4 is 4.74 Å². The molecular formula is C25H32FNO4. The van der Waals surface area contributed by atoms with E-state index in [0.717, 1.165) is 23.3 Å². The van der Waals surface area contributed by atoms with Gasteiger partial charge in [-0.2, -0.15) is 0 Å².